The van der Waals surface area contributed by atoms with Gasteiger partial charge in [0.15, 0.2) is 0 Å². The molecule has 1 aromatic rings. The number of morpholine rings is 1. The molecule has 106 valence electrons. The number of ether oxygens (including phenoxy) is 1. The van der Waals surface area contributed by atoms with Crippen LogP contribution in [0.4, 0.5) is 5.69 Å². The van der Waals surface area contributed by atoms with Gasteiger partial charge in [0.2, 0.25) is 0 Å². The van der Waals surface area contributed by atoms with Crippen LogP contribution in [0.1, 0.15) is 25.5 Å². The topological polar surface area (TPSA) is 63.4 Å². The van der Waals surface area contributed by atoms with Crippen LogP contribution < -0.4 is 11.1 Å². The molecule has 5 nitrogen and oxygen atoms in total. The van der Waals surface area contributed by atoms with Crippen molar-refractivity contribution in [1.82, 2.24) is 15.2 Å². The van der Waals surface area contributed by atoms with Gasteiger partial charge < -0.3 is 15.8 Å². The fourth-order valence-electron chi connectivity index (χ4n) is 2.56. The van der Waals surface area contributed by atoms with Crippen LogP contribution in [0.2, 0.25) is 0 Å². The Morgan fingerprint density at radius 2 is 2.42 bits per heavy atom. The fraction of sp³-hybridized carbons (Fsp3) is 0.643. The lowest BCUT2D eigenvalue weighted by molar-refractivity contribution is -0.0453. The molecule has 2 rings (SSSR count). The second-order valence-electron chi connectivity index (χ2n) is 4.84. The molecule has 1 saturated heterocycles. The minimum absolute atomic E-state index is 0.105. The monoisotopic (exact) mass is 264 g/mol. The van der Waals surface area contributed by atoms with Gasteiger partial charge in [-0.3, -0.25) is 9.88 Å². The van der Waals surface area contributed by atoms with Crippen LogP contribution in [0, 0.1) is 0 Å². The maximum absolute atomic E-state index is 6.08. The summed E-state index contributed by atoms with van der Waals surface area (Å²) in [7, 11) is 0. The minimum atomic E-state index is 0.105. The van der Waals surface area contributed by atoms with E-state index in [1.54, 1.807) is 6.20 Å². The van der Waals surface area contributed by atoms with E-state index in [-0.39, 0.29) is 12.1 Å². The molecule has 1 aliphatic heterocycles. The number of anilines is 1. The lowest BCUT2D eigenvalue weighted by Gasteiger charge is -2.37. The molecule has 0 aromatic carbocycles. The number of likely N-dealkylation sites (N-methyl/N-ethyl adjacent to an activating group) is 2. The highest BCUT2D eigenvalue weighted by Gasteiger charge is 2.29. The summed E-state index contributed by atoms with van der Waals surface area (Å²) in [6.45, 7) is 8.94. The van der Waals surface area contributed by atoms with E-state index in [0.29, 0.717) is 0 Å². The van der Waals surface area contributed by atoms with Crippen molar-refractivity contribution in [3.63, 3.8) is 0 Å². The molecule has 2 heterocycles. The number of hydrogen-bond donors (Lipinski definition) is 2. The predicted octanol–water partition coefficient (Wildman–Crippen LogP) is 1.04. The summed E-state index contributed by atoms with van der Waals surface area (Å²) < 4.78 is 5.95. The normalized spacial score (nSPS) is 22.3. The van der Waals surface area contributed by atoms with E-state index in [0.717, 1.165) is 44.0 Å². The van der Waals surface area contributed by atoms with Gasteiger partial charge in [0.1, 0.15) is 0 Å². The van der Waals surface area contributed by atoms with Crippen LogP contribution in [0.5, 0.6) is 0 Å². The molecule has 1 aliphatic rings. The first kappa shape index (κ1) is 14.2. The lowest BCUT2D eigenvalue weighted by atomic mass is 10.00. The van der Waals surface area contributed by atoms with Crippen molar-refractivity contribution in [1.29, 1.82) is 0 Å². The maximum atomic E-state index is 6.08. The largest absolute Gasteiger partial charge is 0.398 e. The predicted molar refractivity (Wildman–Crippen MR) is 76.9 cm³/mol. The van der Waals surface area contributed by atoms with E-state index < -0.39 is 0 Å². The van der Waals surface area contributed by atoms with E-state index in [4.69, 9.17) is 10.5 Å². The summed E-state index contributed by atoms with van der Waals surface area (Å²) in [5.41, 5.74) is 7.89. The van der Waals surface area contributed by atoms with Gasteiger partial charge in [-0.1, -0.05) is 13.8 Å². The van der Waals surface area contributed by atoms with Crippen molar-refractivity contribution in [3.8, 4) is 0 Å². The molecule has 0 amide bonds. The zero-order valence-corrected chi connectivity index (χ0v) is 11.8. The van der Waals surface area contributed by atoms with Gasteiger partial charge in [0.05, 0.1) is 18.8 Å². The first-order valence-electron chi connectivity index (χ1n) is 7.03. The highest BCUT2D eigenvalue weighted by molar-refractivity contribution is 5.46. The molecule has 0 spiro atoms. The first-order valence-corrected chi connectivity index (χ1v) is 7.03. The molecule has 1 fully saturated rings. The van der Waals surface area contributed by atoms with Crippen molar-refractivity contribution in [3.05, 3.63) is 24.0 Å². The van der Waals surface area contributed by atoms with Crippen molar-refractivity contribution in [2.45, 2.75) is 26.0 Å². The highest BCUT2D eigenvalue weighted by Crippen LogP contribution is 2.26. The van der Waals surface area contributed by atoms with E-state index >= 15 is 0 Å². The molecule has 19 heavy (non-hydrogen) atoms. The zero-order valence-electron chi connectivity index (χ0n) is 11.8. The number of nitrogens with two attached hydrogens (primary N) is 1. The third kappa shape index (κ3) is 3.43. The Morgan fingerprint density at radius 1 is 1.58 bits per heavy atom. The number of pyridine rings is 1. The molecule has 3 N–H and O–H groups in total. The number of nitrogens with one attached hydrogen (secondary N) is 1. The van der Waals surface area contributed by atoms with Gasteiger partial charge in [-0.05, 0) is 19.2 Å². The summed E-state index contributed by atoms with van der Waals surface area (Å²) >= 11 is 0. The van der Waals surface area contributed by atoms with Crippen LogP contribution in [0.3, 0.4) is 0 Å². The first-order chi connectivity index (χ1) is 9.26. The van der Waals surface area contributed by atoms with Crippen LogP contribution in [0.15, 0.2) is 18.5 Å². The molecular weight excluding hydrogens is 240 g/mol. The van der Waals surface area contributed by atoms with Crippen LogP contribution >= 0.6 is 0 Å². The van der Waals surface area contributed by atoms with Gasteiger partial charge in [0.25, 0.3) is 0 Å². The molecular formula is C14H24N4O. The average Bonchev–Trinajstić information content (AvgIpc) is 2.46. The summed E-state index contributed by atoms with van der Waals surface area (Å²) in [5.74, 6) is 0. The molecule has 0 saturated carbocycles. The highest BCUT2D eigenvalue weighted by atomic mass is 16.5. The third-order valence-electron chi connectivity index (χ3n) is 3.64. The average molecular weight is 264 g/mol. The molecule has 2 unspecified atom stereocenters. The zero-order chi connectivity index (χ0) is 13.7. The molecule has 0 aliphatic carbocycles. The summed E-state index contributed by atoms with van der Waals surface area (Å²) in [4.78, 5) is 6.60. The third-order valence-corrected chi connectivity index (χ3v) is 3.64. The van der Waals surface area contributed by atoms with Gasteiger partial charge in [-0.25, -0.2) is 0 Å². The molecule has 0 bridgehead atoms. The van der Waals surface area contributed by atoms with Crippen LogP contribution in [-0.2, 0) is 4.74 Å². The van der Waals surface area contributed by atoms with Crippen molar-refractivity contribution in [2.75, 3.05) is 38.5 Å². The Kier molecular flexibility index (Phi) is 5.13. The van der Waals surface area contributed by atoms with Crippen LogP contribution in [0.25, 0.3) is 0 Å². The van der Waals surface area contributed by atoms with Crippen LogP contribution in [-0.4, -0.2) is 48.8 Å². The van der Waals surface area contributed by atoms with Crippen molar-refractivity contribution in [2.24, 2.45) is 0 Å². The SMILES string of the molecule is CCNC(c1cnccc1N)C1CN(CC)CCO1. The van der Waals surface area contributed by atoms with E-state index in [2.05, 4.69) is 29.0 Å². The number of aromatic nitrogens is 1. The van der Waals surface area contributed by atoms with Gasteiger partial charge in [-0.2, -0.15) is 0 Å². The van der Waals surface area contributed by atoms with Gasteiger partial charge in [0, 0.05) is 36.7 Å². The Balaban J connectivity index is 2.17. The number of hydrogen-bond acceptors (Lipinski definition) is 5. The summed E-state index contributed by atoms with van der Waals surface area (Å²) in [6.07, 6.45) is 3.69. The standard InChI is InChI=1S/C14H24N4O/c1-3-17-14(11-9-16-6-5-12(11)15)13-10-18(4-2)7-8-19-13/h5-6,9,13-14,17H,3-4,7-8,10H2,1-2H3,(H2,15,16). The molecule has 1 aromatic heterocycles. The quantitative estimate of drug-likeness (QED) is 0.832. The fourth-order valence-corrected chi connectivity index (χ4v) is 2.56. The number of rotatable bonds is 5. The van der Waals surface area contributed by atoms with E-state index in [1.807, 2.05) is 12.3 Å². The number of nitrogen functional groups attached to an aromatic ring is 1. The second-order valence-corrected chi connectivity index (χ2v) is 4.84. The van der Waals surface area contributed by atoms with E-state index in [1.165, 1.54) is 0 Å². The molecule has 2 atom stereocenters. The Bertz CT molecular complexity index is 399. The Hall–Kier alpha value is -1.17. The van der Waals surface area contributed by atoms with E-state index in [9.17, 15) is 0 Å². The second kappa shape index (κ2) is 6.84. The Morgan fingerprint density at radius 3 is 3.11 bits per heavy atom. The lowest BCUT2D eigenvalue weighted by Crippen LogP contribution is -2.48. The van der Waals surface area contributed by atoms with Crippen molar-refractivity contribution < 1.29 is 4.74 Å². The Labute approximate surface area is 115 Å². The number of nitrogens with zero attached hydrogens (tertiary/aromatic N) is 2. The van der Waals surface area contributed by atoms with Gasteiger partial charge >= 0.3 is 0 Å². The maximum Gasteiger partial charge on any atom is 0.0898 e. The van der Waals surface area contributed by atoms with Gasteiger partial charge in [-0.15, -0.1) is 0 Å². The summed E-state index contributed by atoms with van der Waals surface area (Å²) in [5, 5.41) is 3.48. The molecule has 0 radical (unpaired) electrons. The smallest absolute Gasteiger partial charge is 0.0898 e. The molecule has 5 heteroatoms. The van der Waals surface area contributed by atoms with Crippen molar-refractivity contribution >= 4 is 5.69 Å². The minimum Gasteiger partial charge on any atom is -0.398 e. The summed E-state index contributed by atoms with van der Waals surface area (Å²) in [6, 6.07) is 1.95.